The first-order valence-corrected chi connectivity index (χ1v) is 9.36. The fourth-order valence-corrected chi connectivity index (χ4v) is 3.50. The Labute approximate surface area is 159 Å². The first kappa shape index (κ1) is 19.0. The van der Waals surface area contributed by atoms with Gasteiger partial charge in [-0.3, -0.25) is 19.8 Å². The van der Waals surface area contributed by atoms with E-state index in [0.29, 0.717) is 17.7 Å². The van der Waals surface area contributed by atoms with Gasteiger partial charge in [-0.15, -0.1) is 0 Å². The highest BCUT2D eigenvalue weighted by Crippen LogP contribution is 2.19. The highest BCUT2D eigenvalue weighted by Gasteiger charge is 2.14. The zero-order chi connectivity index (χ0) is 19.2. The molecule has 1 saturated heterocycles. The fraction of sp³-hybridized carbons (Fsp3) is 0.381. The number of carbonyl (C=O) groups excluding carboxylic acids is 1. The van der Waals surface area contributed by atoms with Gasteiger partial charge in [-0.1, -0.05) is 30.7 Å². The summed E-state index contributed by atoms with van der Waals surface area (Å²) in [5.74, 6) is -0.227. The standard InChI is InChI=1S/C21H25N3O3/c1-16-12-19(8-9-20(16)24(26)27)21(25)22-14-17-6-5-7-18(13-17)15-23-10-3-2-4-11-23/h5-9,12-13H,2-4,10-11,14-15H2,1H3,(H,22,25). The van der Waals surface area contributed by atoms with Crippen molar-refractivity contribution in [1.29, 1.82) is 0 Å². The van der Waals surface area contributed by atoms with Crippen molar-refractivity contribution >= 4 is 11.6 Å². The van der Waals surface area contributed by atoms with Crippen LogP contribution in [0, 0.1) is 17.0 Å². The second-order valence-corrected chi connectivity index (χ2v) is 7.10. The zero-order valence-electron chi connectivity index (χ0n) is 15.6. The molecular formula is C21H25N3O3. The number of benzene rings is 2. The molecule has 1 fully saturated rings. The van der Waals surface area contributed by atoms with Crippen molar-refractivity contribution in [3.05, 3.63) is 74.8 Å². The first-order chi connectivity index (χ1) is 13.0. The molecule has 1 amide bonds. The van der Waals surface area contributed by atoms with Crippen LogP contribution >= 0.6 is 0 Å². The van der Waals surface area contributed by atoms with Crippen LogP contribution in [-0.2, 0) is 13.1 Å². The number of rotatable bonds is 6. The van der Waals surface area contributed by atoms with Gasteiger partial charge in [-0.25, -0.2) is 0 Å². The van der Waals surface area contributed by atoms with Crippen LogP contribution in [0.3, 0.4) is 0 Å². The van der Waals surface area contributed by atoms with Gasteiger partial charge in [0.25, 0.3) is 11.6 Å². The normalized spacial score (nSPS) is 14.7. The summed E-state index contributed by atoms with van der Waals surface area (Å²) in [7, 11) is 0. The average Bonchev–Trinajstić information content (AvgIpc) is 2.67. The molecule has 0 unspecified atom stereocenters. The van der Waals surface area contributed by atoms with Crippen LogP contribution in [-0.4, -0.2) is 28.8 Å². The van der Waals surface area contributed by atoms with Crippen LogP contribution in [0.4, 0.5) is 5.69 Å². The summed E-state index contributed by atoms with van der Waals surface area (Å²) >= 11 is 0. The maximum atomic E-state index is 12.4. The Bertz CT molecular complexity index is 829. The number of amides is 1. The van der Waals surface area contributed by atoms with Crippen molar-refractivity contribution in [3.63, 3.8) is 0 Å². The Morgan fingerprint density at radius 1 is 1.11 bits per heavy atom. The van der Waals surface area contributed by atoms with Crippen molar-refractivity contribution in [2.75, 3.05) is 13.1 Å². The zero-order valence-corrected chi connectivity index (χ0v) is 15.6. The van der Waals surface area contributed by atoms with E-state index in [1.807, 2.05) is 12.1 Å². The molecule has 0 bridgehead atoms. The number of nitrogens with one attached hydrogen (secondary N) is 1. The second-order valence-electron chi connectivity index (χ2n) is 7.10. The number of nitro benzene ring substituents is 1. The Kier molecular flexibility index (Phi) is 6.19. The molecular weight excluding hydrogens is 342 g/mol. The number of hydrogen-bond donors (Lipinski definition) is 1. The summed E-state index contributed by atoms with van der Waals surface area (Å²) in [5, 5.41) is 13.8. The van der Waals surface area contributed by atoms with Crippen LogP contribution in [0.5, 0.6) is 0 Å². The number of nitrogens with zero attached hydrogens (tertiary/aromatic N) is 2. The number of piperidine rings is 1. The molecule has 6 nitrogen and oxygen atoms in total. The van der Waals surface area contributed by atoms with Gasteiger partial charge in [-0.05, 0) is 56.1 Å². The predicted molar refractivity (Wildman–Crippen MR) is 105 cm³/mol. The number of carbonyl (C=O) groups is 1. The third-order valence-corrected chi connectivity index (χ3v) is 4.96. The summed E-state index contributed by atoms with van der Waals surface area (Å²) in [4.78, 5) is 25.3. The highest BCUT2D eigenvalue weighted by molar-refractivity contribution is 5.94. The molecule has 6 heteroatoms. The lowest BCUT2D eigenvalue weighted by atomic mass is 10.1. The molecule has 0 atom stereocenters. The number of hydrogen-bond acceptors (Lipinski definition) is 4. The van der Waals surface area contributed by atoms with Gasteiger partial charge >= 0.3 is 0 Å². The smallest absolute Gasteiger partial charge is 0.272 e. The molecule has 0 saturated carbocycles. The molecule has 27 heavy (non-hydrogen) atoms. The molecule has 2 aromatic carbocycles. The van der Waals surface area contributed by atoms with Gasteiger partial charge < -0.3 is 5.32 Å². The fourth-order valence-electron chi connectivity index (χ4n) is 3.50. The van der Waals surface area contributed by atoms with Gasteiger partial charge in [0.2, 0.25) is 0 Å². The Morgan fingerprint density at radius 3 is 2.56 bits per heavy atom. The van der Waals surface area contributed by atoms with E-state index < -0.39 is 4.92 Å². The number of aryl methyl sites for hydroxylation is 1. The predicted octanol–water partition coefficient (Wildman–Crippen LogP) is 3.82. The minimum atomic E-state index is -0.440. The van der Waals surface area contributed by atoms with Crippen LogP contribution < -0.4 is 5.32 Å². The van der Waals surface area contributed by atoms with E-state index in [9.17, 15) is 14.9 Å². The molecule has 0 aliphatic carbocycles. The van der Waals surface area contributed by atoms with E-state index in [-0.39, 0.29) is 11.6 Å². The van der Waals surface area contributed by atoms with E-state index in [1.54, 1.807) is 13.0 Å². The molecule has 1 aliphatic heterocycles. The Hall–Kier alpha value is -2.73. The maximum absolute atomic E-state index is 12.4. The van der Waals surface area contributed by atoms with E-state index in [1.165, 1.54) is 37.0 Å². The molecule has 2 aromatic rings. The van der Waals surface area contributed by atoms with Crippen molar-refractivity contribution in [2.45, 2.75) is 39.3 Å². The van der Waals surface area contributed by atoms with E-state index in [0.717, 1.165) is 25.2 Å². The van der Waals surface area contributed by atoms with Crippen LogP contribution in [0.2, 0.25) is 0 Å². The molecule has 142 valence electrons. The van der Waals surface area contributed by atoms with Gasteiger partial charge in [0, 0.05) is 30.3 Å². The average molecular weight is 367 g/mol. The summed E-state index contributed by atoms with van der Waals surface area (Å²) in [6.45, 7) is 5.33. The van der Waals surface area contributed by atoms with Crippen molar-refractivity contribution < 1.29 is 9.72 Å². The van der Waals surface area contributed by atoms with Gasteiger partial charge in [0.15, 0.2) is 0 Å². The number of likely N-dealkylation sites (tertiary alicyclic amines) is 1. The first-order valence-electron chi connectivity index (χ1n) is 9.36. The monoisotopic (exact) mass is 367 g/mol. The van der Waals surface area contributed by atoms with Crippen LogP contribution in [0.25, 0.3) is 0 Å². The Balaban J connectivity index is 1.59. The van der Waals surface area contributed by atoms with E-state index in [2.05, 4.69) is 22.3 Å². The molecule has 1 heterocycles. The summed E-state index contributed by atoms with van der Waals surface area (Å²) in [6, 6.07) is 12.7. The lowest BCUT2D eigenvalue weighted by Gasteiger charge is -2.26. The quantitative estimate of drug-likeness (QED) is 0.622. The summed E-state index contributed by atoms with van der Waals surface area (Å²) in [6.07, 6.45) is 3.86. The third-order valence-electron chi connectivity index (χ3n) is 4.96. The maximum Gasteiger partial charge on any atom is 0.272 e. The SMILES string of the molecule is Cc1cc(C(=O)NCc2cccc(CN3CCCCC3)c2)ccc1[N+](=O)[O-]. The molecule has 0 radical (unpaired) electrons. The highest BCUT2D eigenvalue weighted by atomic mass is 16.6. The van der Waals surface area contributed by atoms with Crippen molar-refractivity contribution in [3.8, 4) is 0 Å². The molecule has 1 aliphatic rings. The minimum absolute atomic E-state index is 0.0250. The largest absolute Gasteiger partial charge is 0.348 e. The Morgan fingerprint density at radius 2 is 1.85 bits per heavy atom. The minimum Gasteiger partial charge on any atom is -0.348 e. The molecule has 0 spiro atoms. The summed E-state index contributed by atoms with van der Waals surface area (Å²) < 4.78 is 0. The lowest BCUT2D eigenvalue weighted by molar-refractivity contribution is -0.385. The van der Waals surface area contributed by atoms with E-state index in [4.69, 9.17) is 0 Å². The summed E-state index contributed by atoms with van der Waals surface area (Å²) in [5.41, 5.74) is 3.25. The topological polar surface area (TPSA) is 75.5 Å². The number of nitro groups is 1. The van der Waals surface area contributed by atoms with Crippen LogP contribution in [0.15, 0.2) is 42.5 Å². The molecule has 3 rings (SSSR count). The molecule has 1 N–H and O–H groups in total. The van der Waals surface area contributed by atoms with Gasteiger partial charge in [-0.2, -0.15) is 0 Å². The van der Waals surface area contributed by atoms with Gasteiger partial charge in [0.05, 0.1) is 4.92 Å². The van der Waals surface area contributed by atoms with Crippen molar-refractivity contribution in [1.82, 2.24) is 10.2 Å². The lowest BCUT2D eigenvalue weighted by Crippen LogP contribution is -2.29. The van der Waals surface area contributed by atoms with E-state index >= 15 is 0 Å². The van der Waals surface area contributed by atoms with Crippen LogP contribution in [0.1, 0.15) is 46.3 Å². The molecule has 0 aromatic heterocycles. The third kappa shape index (κ3) is 5.14. The van der Waals surface area contributed by atoms with Crippen molar-refractivity contribution in [2.24, 2.45) is 0 Å². The second kappa shape index (κ2) is 8.77. The van der Waals surface area contributed by atoms with Gasteiger partial charge in [0.1, 0.15) is 0 Å².